The number of nitrogens with two attached hydrogens (primary N) is 1. The van der Waals surface area contributed by atoms with Crippen molar-refractivity contribution in [3.63, 3.8) is 0 Å². The van der Waals surface area contributed by atoms with Crippen LogP contribution < -0.4 is 20.9 Å². The zero-order chi connectivity index (χ0) is 16.2. The van der Waals surface area contributed by atoms with Gasteiger partial charge in [0.2, 0.25) is 0 Å². The van der Waals surface area contributed by atoms with Crippen LogP contribution in [-0.2, 0) is 0 Å². The molecule has 2 aromatic carbocycles. The third kappa shape index (κ3) is 3.84. The zero-order valence-electron chi connectivity index (χ0n) is 12.8. The van der Waals surface area contributed by atoms with Gasteiger partial charge in [0, 0.05) is 43.2 Å². The molecule has 0 unspecified atom stereocenters. The van der Waals surface area contributed by atoms with E-state index in [1.54, 1.807) is 12.1 Å². The maximum Gasteiger partial charge on any atom is 0.168 e. The van der Waals surface area contributed by atoms with Gasteiger partial charge >= 0.3 is 0 Å². The third-order valence-corrected chi connectivity index (χ3v) is 4.10. The Morgan fingerprint density at radius 1 is 0.870 bits per heavy atom. The summed E-state index contributed by atoms with van der Waals surface area (Å²) in [6, 6.07) is 15.5. The Balaban J connectivity index is 1.60. The summed E-state index contributed by atoms with van der Waals surface area (Å²) in [5, 5.41) is 12.6. The first kappa shape index (κ1) is 15.4. The molecule has 0 atom stereocenters. The van der Waals surface area contributed by atoms with Crippen LogP contribution in [0.2, 0.25) is 0 Å². The monoisotopic (exact) mass is 328 g/mol. The fraction of sp³-hybridized carbons (Fsp3) is 0.235. The van der Waals surface area contributed by atoms with Crippen LogP contribution in [-0.4, -0.2) is 36.4 Å². The number of rotatable bonds is 3. The van der Waals surface area contributed by atoms with Gasteiger partial charge in [-0.25, -0.2) is 0 Å². The molecule has 0 bridgehead atoms. The molecule has 1 aliphatic heterocycles. The van der Waals surface area contributed by atoms with Crippen molar-refractivity contribution >= 4 is 34.4 Å². The average molecular weight is 328 g/mol. The van der Waals surface area contributed by atoms with E-state index in [4.69, 9.17) is 18.0 Å². The first-order valence-corrected chi connectivity index (χ1v) is 7.98. The van der Waals surface area contributed by atoms with Gasteiger partial charge in [-0.1, -0.05) is 0 Å². The van der Waals surface area contributed by atoms with Crippen LogP contribution in [0.15, 0.2) is 48.5 Å². The Hall–Kier alpha value is -2.47. The minimum absolute atomic E-state index is 0.278. The van der Waals surface area contributed by atoms with E-state index in [9.17, 15) is 5.11 Å². The van der Waals surface area contributed by atoms with Gasteiger partial charge in [0.05, 0.1) is 0 Å². The summed E-state index contributed by atoms with van der Waals surface area (Å²) in [5.41, 5.74) is 8.73. The SMILES string of the molecule is NC(=S)Nc1ccc(N2CCN(c3ccc(O)cc3)CC2)cc1. The number of anilines is 3. The lowest BCUT2D eigenvalue weighted by molar-refractivity contribution is 0.475. The van der Waals surface area contributed by atoms with E-state index in [1.165, 1.54) is 5.69 Å². The molecule has 0 radical (unpaired) electrons. The summed E-state index contributed by atoms with van der Waals surface area (Å²) in [6.45, 7) is 3.83. The number of hydrogen-bond donors (Lipinski definition) is 3. The van der Waals surface area contributed by atoms with E-state index in [-0.39, 0.29) is 5.11 Å². The fourth-order valence-corrected chi connectivity index (χ4v) is 2.90. The minimum Gasteiger partial charge on any atom is -0.508 e. The van der Waals surface area contributed by atoms with Crippen LogP contribution in [0.1, 0.15) is 0 Å². The smallest absolute Gasteiger partial charge is 0.168 e. The lowest BCUT2D eigenvalue weighted by Crippen LogP contribution is -2.46. The Morgan fingerprint density at radius 2 is 1.30 bits per heavy atom. The first-order chi connectivity index (χ1) is 11.1. The van der Waals surface area contributed by atoms with Gasteiger partial charge in [0.15, 0.2) is 5.11 Å². The van der Waals surface area contributed by atoms with Crippen LogP contribution in [0, 0.1) is 0 Å². The van der Waals surface area contributed by atoms with Crippen LogP contribution in [0.4, 0.5) is 17.1 Å². The molecule has 0 spiro atoms. The molecule has 0 amide bonds. The van der Waals surface area contributed by atoms with E-state index in [1.807, 2.05) is 24.3 Å². The van der Waals surface area contributed by atoms with Crippen molar-refractivity contribution in [2.45, 2.75) is 0 Å². The van der Waals surface area contributed by atoms with E-state index in [0.29, 0.717) is 5.75 Å². The molecule has 1 aliphatic rings. The fourth-order valence-electron chi connectivity index (χ4n) is 2.78. The van der Waals surface area contributed by atoms with Crippen LogP contribution in [0.25, 0.3) is 0 Å². The number of hydrogen-bond acceptors (Lipinski definition) is 4. The standard InChI is InChI=1S/C17H20N4OS/c18-17(23)19-13-1-3-14(4-2-13)20-9-11-21(12-10-20)15-5-7-16(22)8-6-15/h1-8,22H,9-12H2,(H3,18,19,23). The summed E-state index contributed by atoms with van der Waals surface area (Å²) < 4.78 is 0. The van der Waals surface area contributed by atoms with Gasteiger partial charge in [-0.3, -0.25) is 0 Å². The van der Waals surface area contributed by atoms with Gasteiger partial charge in [-0.05, 0) is 60.7 Å². The second kappa shape index (κ2) is 6.75. The molecule has 0 aliphatic carbocycles. The quantitative estimate of drug-likeness (QED) is 0.752. The van der Waals surface area contributed by atoms with Crippen molar-refractivity contribution in [1.29, 1.82) is 0 Å². The molecule has 6 heteroatoms. The molecule has 120 valence electrons. The normalized spacial score (nSPS) is 14.6. The van der Waals surface area contributed by atoms with Crippen molar-refractivity contribution in [3.05, 3.63) is 48.5 Å². The maximum atomic E-state index is 9.38. The molecule has 0 aromatic heterocycles. The Morgan fingerprint density at radius 3 is 1.74 bits per heavy atom. The summed E-state index contributed by atoms with van der Waals surface area (Å²) in [7, 11) is 0. The number of piperazine rings is 1. The molecule has 23 heavy (non-hydrogen) atoms. The lowest BCUT2D eigenvalue weighted by atomic mass is 10.2. The number of thiocarbonyl (C=S) groups is 1. The highest BCUT2D eigenvalue weighted by atomic mass is 32.1. The zero-order valence-corrected chi connectivity index (χ0v) is 13.6. The second-order valence-electron chi connectivity index (χ2n) is 5.53. The van der Waals surface area contributed by atoms with Crippen LogP contribution >= 0.6 is 12.2 Å². The molecule has 1 fully saturated rings. The molecule has 0 saturated carbocycles. The number of nitrogens with one attached hydrogen (secondary N) is 1. The highest BCUT2D eigenvalue weighted by Crippen LogP contribution is 2.23. The molecule has 2 aromatic rings. The second-order valence-corrected chi connectivity index (χ2v) is 5.97. The van der Waals surface area contributed by atoms with Crippen molar-refractivity contribution in [2.75, 3.05) is 41.3 Å². The Kier molecular flexibility index (Phi) is 4.52. The topological polar surface area (TPSA) is 64.8 Å². The van der Waals surface area contributed by atoms with E-state index in [2.05, 4.69) is 27.2 Å². The van der Waals surface area contributed by atoms with Crippen molar-refractivity contribution in [1.82, 2.24) is 0 Å². The Labute approximate surface area is 141 Å². The molecule has 3 rings (SSSR count). The van der Waals surface area contributed by atoms with Crippen molar-refractivity contribution in [3.8, 4) is 5.75 Å². The first-order valence-electron chi connectivity index (χ1n) is 7.57. The van der Waals surface area contributed by atoms with Gasteiger partial charge < -0.3 is 26.0 Å². The number of aromatic hydroxyl groups is 1. The predicted molar refractivity (Wildman–Crippen MR) is 99.4 cm³/mol. The van der Waals surface area contributed by atoms with Crippen molar-refractivity contribution < 1.29 is 5.11 Å². The van der Waals surface area contributed by atoms with Gasteiger partial charge in [0.25, 0.3) is 0 Å². The molecule has 4 N–H and O–H groups in total. The number of phenols is 1. The van der Waals surface area contributed by atoms with Crippen LogP contribution in [0.3, 0.4) is 0 Å². The number of nitrogens with zero attached hydrogens (tertiary/aromatic N) is 2. The van der Waals surface area contributed by atoms with E-state index >= 15 is 0 Å². The van der Waals surface area contributed by atoms with E-state index < -0.39 is 0 Å². The molecule has 5 nitrogen and oxygen atoms in total. The molecule has 1 heterocycles. The third-order valence-electron chi connectivity index (χ3n) is 3.99. The van der Waals surface area contributed by atoms with Gasteiger partial charge in [-0.2, -0.15) is 0 Å². The predicted octanol–water partition coefficient (Wildman–Crippen LogP) is 2.37. The number of phenolic OH excluding ortho intramolecular Hbond substituents is 1. The summed E-state index contributed by atoms with van der Waals surface area (Å²) in [4.78, 5) is 4.69. The maximum absolute atomic E-state index is 9.38. The molecular formula is C17H20N4OS. The highest BCUT2D eigenvalue weighted by Gasteiger charge is 2.17. The minimum atomic E-state index is 0.278. The van der Waals surface area contributed by atoms with Gasteiger partial charge in [-0.15, -0.1) is 0 Å². The molecular weight excluding hydrogens is 308 g/mol. The van der Waals surface area contributed by atoms with Crippen molar-refractivity contribution in [2.24, 2.45) is 5.73 Å². The number of benzene rings is 2. The van der Waals surface area contributed by atoms with Crippen LogP contribution in [0.5, 0.6) is 5.75 Å². The van der Waals surface area contributed by atoms with Gasteiger partial charge in [0.1, 0.15) is 5.75 Å². The lowest BCUT2D eigenvalue weighted by Gasteiger charge is -2.37. The largest absolute Gasteiger partial charge is 0.508 e. The summed E-state index contributed by atoms with van der Waals surface area (Å²) in [5.74, 6) is 0.304. The molecule has 1 saturated heterocycles. The summed E-state index contributed by atoms with van der Waals surface area (Å²) >= 11 is 4.84. The average Bonchev–Trinajstić information content (AvgIpc) is 2.56. The Bertz CT molecular complexity index is 664. The summed E-state index contributed by atoms with van der Waals surface area (Å²) in [6.07, 6.45) is 0. The van der Waals surface area contributed by atoms with E-state index in [0.717, 1.165) is 37.6 Å². The highest BCUT2D eigenvalue weighted by molar-refractivity contribution is 7.80.